The van der Waals surface area contributed by atoms with Crippen LogP contribution in [0.3, 0.4) is 0 Å². The highest BCUT2D eigenvalue weighted by Gasteiger charge is 1.87. The van der Waals surface area contributed by atoms with Crippen molar-refractivity contribution in [3.63, 3.8) is 0 Å². The molecule has 3 nitrogen and oxygen atoms in total. The van der Waals surface area contributed by atoms with Gasteiger partial charge in [-0.2, -0.15) is 0 Å². The zero-order valence-corrected chi connectivity index (χ0v) is 6.01. The highest BCUT2D eigenvalue weighted by atomic mass is 127. The van der Waals surface area contributed by atoms with Crippen molar-refractivity contribution in [2.75, 3.05) is 4.55 Å². The van der Waals surface area contributed by atoms with E-state index in [4.69, 9.17) is 0 Å². The fourth-order valence-corrected chi connectivity index (χ4v) is 0.565. The fraction of sp³-hybridized carbons (Fsp3) is 0.667. The maximum absolute atomic E-state index is 10.1. The maximum Gasteiger partial charge on any atom is 0.209 e. The minimum Gasteiger partial charge on any atom is -0.756 e. The van der Waals surface area contributed by atoms with Gasteiger partial charge in [-0.1, -0.05) is 22.6 Å². The summed E-state index contributed by atoms with van der Waals surface area (Å²) in [5, 5.41) is 10.5. The summed E-state index contributed by atoms with van der Waals surface area (Å²) in [6.07, 6.45) is 0. The number of amides is 1. The Labute approximate surface area is 55.4 Å². The highest BCUT2D eigenvalue weighted by Crippen LogP contribution is 1.89. The quantitative estimate of drug-likeness (QED) is 0.279. The Kier molecular flexibility index (Phi) is 3.27. The molecule has 0 fully saturated rings. The standard InChI is InChI=1S/C3H5INO2/c1-3(6)5(7)2-4/h2H2,1H3/q-1. The zero-order valence-electron chi connectivity index (χ0n) is 3.85. The van der Waals surface area contributed by atoms with Gasteiger partial charge in [0.2, 0.25) is 5.91 Å². The molecule has 1 amide bonds. The van der Waals surface area contributed by atoms with E-state index in [1.54, 1.807) is 0 Å². The second-order valence-electron chi connectivity index (χ2n) is 1.02. The van der Waals surface area contributed by atoms with Crippen molar-refractivity contribution >= 4 is 28.5 Å². The average Bonchev–Trinajstić information content (AvgIpc) is 1.65. The van der Waals surface area contributed by atoms with Gasteiger partial charge in [-0.25, -0.2) is 0 Å². The Hall–Kier alpha value is 0.160. The van der Waals surface area contributed by atoms with E-state index >= 15 is 0 Å². The first-order valence-electron chi connectivity index (χ1n) is 1.69. The monoisotopic (exact) mass is 214 g/mol. The molecule has 0 aromatic rings. The van der Waals surface area contributed by atoms with Crippen LogP contribution < -0.4 is 0 Å². The van der Waals surface area contributed by atoms with Crippen LogP contribution in [0.1, 0.15) is 6.92 Å². The van der Waals surface area contributed by atoms with Gasteiger partial charge < -0.3 is 10.3 Å². The van der Waals surface area contributed by atoms with Gasteiger partial charge in [-0.15, -0.1) is 0 Å². The van der Waals surface area contributed by atoms with Crippen LogP contribution in [0.2, 0.25) is 0 Å². The summed E-state index contributed by atoms with van der Waals surface area (Å²) in [6, 6.07) is 0. The first-order chi connectivity index (χ1) is 3.18. The molecule has 0 spiro atoms. The van der Waals surface area contributed by atoms with E-state index in [9.17, 15) is 10.0 Å². The van der Waals surface area contributed by atoms with Crippen LogP contribution in [-0.4, -0.2) is 15.5 Å². The van der Waals surface area contributed by atoms with E-state index in [1.807, 2.05) is 22.6 Å². The number of hydroxylamine groups is 2. The lowest BCUT2D eigenvalue weighted by Crippen LogP contribution is -2.18. The van der Waals surface area contributed by atoms with Crippen LogP contribution in [0, 0.1) is 5.21 Å². The van der Waals surface area contributed by atoms with Gasteiger partial charge in [0.25, 0.3) is 0 Å². The van der Waals surface area contributed by atoms with Crippen molar-refractivity contribution in [3.05, 3.63) is 5.21 Å². The van der Waals surface area contributed by atoms with Gasteiger partial charge >= 0.3 is 0 Å². The van der Waals surface area contributed by atoms with Crippen molar-refractivity contribution in [1.82, 2.24) is 5.06 Å². The Morgan fingerprint density at radius 1 is 2.00 bits per heavy atom. The van der Waals surface area contributed by atoms with Crippen molar-refractivity contribution < 1.29 is 4.79 Å². The third-order valence-corrected chi connectivity index (χ3v) is 1.08. The molecule has 0 aliphatic rings. The van der Waals surface area contributed by atoms with Crippen LogP contribution in [-0.2, 0) is 4.79 Å². The molecular weight excluding hydrogens is 209 g/mol. The first-order valence-corrected chi connectivity index (χ1v) is 3.22. The first kappa shape index (κ1) is 7.16. The van der Waals surface area contributed by atoms with Crippen LogP contribution in [0.4, 0.5) is 0 Å². The Balaban J connectivity index is 3.34. The molecule has 4 heteroatoms. The molecular formula is C3H5INO2-. The van der Waals surface area contributed by atoms with Crippen LogP contribution >= 0.6 is 22.6 Å². The molecule has 0 saturated heterocycles. The predicted octanol–water partition coefficient (Wildman–Crippen LogP) is 0.725. The Bertz CT molecular complexity index is 75.3. The third kappa shape index (κ3) is 2.81. The lowest BCUT2D eigenvalue weighted by atomic mass is 10.7. The Morgan fingerprint density at radius 3 is 2.43 bits per heavy atom. The van der Waals surface area contributed by atoms with E-state index in [0.29, 0.717) is 5.06 Å². The van der Waals surface area contributed by atoms with Crippen LogP contribution in [0.5, 0.6) is 0 Å². The molecule has 0 aliphatic heterocycles. The summed E-state index contributed by atoms with van der Waals surface area (Å²) >= 11 is 1.82. The summed E-state index contributed by atoms with van der Waals surface area (Å²) in [4.78, 5) is 9.98. The molecule has 0 unspecified atom stereocenters. The largest absolute Gasteiger partial charge is 0.756 e. The molecule has 0 radical (unpaired) electrons. The molecule has 42 valence electrons. The van der Waals surface area contributed by atoms with E-state index in [-0.39, 0.29) is 4.55 Å². The summed E-state index contributed by atoms with van der Waals surface area (Å²) in [7, 11) is 0. The van der Waals surface area contributed by atoms with Crippen LogP contribution in [0.25, 0.3) is 0 Å². The molecule has 0 bridgehead atoms. The molecule has 0 saturated carbocycles. The minimum absolute atomic E-state index is 0.215. The van der Waals surface area contributed by atoms with Gasteiger partial charge in [0, 0.05) is 6.92 Å². The van der Waals surface area contributed by atoms with E-state index < -0.39 is 5.91 Å². The lowest BCUT2D eigenvalue weighted by molar-refractivity contribution is -0.125. The summed E-state index contributed by atoms with van der Waals surface area (Å²) in [6.45, 7) is 1.24. The van der Waals surface area contributed by atoms with Gasteiger partial charge in [-0.05, 0) is 0 Å². The summed E-state index contributed by atoms with van der Waals surface area (Å²) in [5.41, 5.74) is 0. The molecule has 7 heavy (non-hydrogen) atoms. The number of hydrogen-bond acceptors (Lipinski definition) is 2. The van der Waals surface area contributed by atoms with Crippen molar-refractivity contribution in [2.45, 2.75) is 6.92 Å². The van der Waals surface area contributed by atoms with E-state index in [2.05, 4.69) is 0 Å². The molecule has 0 atom stereocenters. The maximum atomic E-state index is 10.1. The van der Waals surface area contributed by atoms with Crippen molar-refractivity contribution in [1.29, 1.82) is 0 Å². The predicted molar refractivity (Wildman–Crippen MR) is 34.8 cm³/mol. The van der Waals surface area contributed by atoms with Gasteiger partial charge in [-0.3, -0.25) is 4.79 Å². The molecule has 0 heterocycles. The fourth-order valence-electron chi connectivity index (χ4n) is 0.0842. The number of carbonyl (C=O) groups excluding carboxylic acids is 1. The minimum atomic E-state index is -0.436. The molecule has 0 aliphatic carbocycles. The number of rotatable bonds is 1. The highest BCUT2D eigenvalue weighted by molar-refractivity contribution is 14.1. The summed E-state index contributed by atoms with van der Waals surface area (Å²) in [5.74, 6) is -0.436. The average molecular weight is 214 g/mol. The van der Waals surface area contributed by atoms with Gasteiger partial charge in [0.1, 0.15) is 0 Å². The Morgan fingerprint density at radius 2 is 2.43 bits per heavy atom. The number of carbonyl (C=O) groups is 1. The van der Waals surface area contributed by atoms with Gasteiger partial charge in [0.15, 0.2) is 0 Å². The molecule has 0 aromatic carbocycles. The SMILES string of the molecule is CC(=O)N([O-])CI. The molecule has 0 aromatic heterocycles. The normalized spacial score (nSPS) is 8.43. The van der Waals surface area contributed by atoms with Crippen molar-refractivity contribution in [2.24, 2.45) is 0 Å². The number of alkyl halides is 1. The number of nitrogens with zero attached hydrogens (tertiary/aromatic N) is 1. The second-order valence-corrected chi connectivity index (χ2v) is 1.70. The number of hydrogen-bond donors (Lipinski definition) is 0. The third-order valence-electron chi connectivity index (χ3n) is 0.460. The van der Waals surface area contributed by atoms with Gasteiger partial charge in [0.05, 0.1) is 4.55 Å². The smallest absolute Gasteiger partial charge is 0.209 e. The van der Waals surface area contributed by atoms with E-state index in [1.165, 1.54) is 6.92 Å². The number of halogens is 1. The van der Waals surface area contributed by atoms with Crippen molar-refractivity contribution in [3.8, 4) is 0 Å². The summed E-state index contributed by atoms with van der Waals surface area (Å²) < 4.78 is 0.215. The molecule has 0 rings (SSSR count). The second kappa shape index (κ2) is 3.20. The molecule has 0 N–H and O–H groups in total. The topological polar surface area (TPSA) is 43.4 Å². The zero-order chi connectivity index (χ0) is 5.86. The van der Waals surface area contributed by atoms with E-state index in [0.717, 1.165) is 0 Å². The lowest BCUT2D eigenvalue weighted by Gasteiger charge is -2.22. The van der Waals surface area contributed by atoms with Crippen LogP contribution in [0.15, 0.2) is 0 Å².